The number of thioether (sulfide) groups is 1. The van der Waals surface area contributed by atoms with E-state index in [1.54, 1.807) is 6.92 Å². The molecule has 0 aliphatic carbocycles. The van der Waals surface area contributed by atoms with Gasteiger partial charge >= 0.3 is 0 Å². The number of benzene rings is 1. The summed E-state index contributed by atoms with van der Waals surface area (Å²) in [7, 11) is 0. The van der Waals surface area contributed by atoms with Gasteiger partial charge in [0, 0.05) is 42.1 Å². The molecule has 1 aliphatic rings. The highest BCUT2D eigenvalue weighted by molar-refractivity contribution is 7.98. The second kappa shape index (κ2) is 9.05. The highest BCUT2D eigenvalue weighted by Gasteiger charge is 2.12. The van der Waals surface area contributed by atoms with Crippen molar-refractivity contribution in [3.05, 3.63) is 45.9 Å². The number of ether oxygens (including phenoxy) is 1. The maximum Gasteiger partial charge on any atom is 0.254 e. The van der Waals surface area contributed by atoms with Crippen LogP contribution >= 0.6 is 11.8 Å². The van der Waals surface area contributed by atoms with Gasteiger partial charge in [0.25, 0.3) is 5.56 Å². The maximum absolute atomic E-state index is 12.2. The number of carbonyl (C=O) groups is 1. The van der Waals surface area contributed by atoms with Gasteiger partial charge < -0.3 is 19.9 Å². The normalized spacial score (nSPS) is 14.2. The zero-order valence-electron chi connectivity index (χ0n) is 15.6. The molecule has 2 heterocycles. The molecule has 1 aromatic carbocycles. The van der Waals surface area contributed by atoms with E-state index in [1.165, 1.54) is 11.8 Å². The molecule has 8 heteroatoms. The summed E-state index contributed by atoms with van der Waals surface area (Å²) < 4.78 is 5.36. The van der Waals surface area contributed by atoms with Crippen LogP contribution in [0.4, 0.5) is 11.4 Å². The van der Waals surface area contributed by atoms with Gasteiger partial charge in [0.05, 0.1) is 13.2 Å². The first-order chi connectivity index (χ1) is 13.1. The number of amides is 1. The van der Waals surface area contributed by atoms with E-state index >= 15 is 0 Å². The predicted molar refractivity (Wildman–Crippen MR) is 108 cm³/mol. The Labute approximate surface area is 162 Å². The molecule has 0 bridgehead atoms. The molecule has 27 heavy (non-hydrogen) atoms. The molecule has 0 unspecified atom stereocenters. The van der Waals surface area contributed by atoms with Crippen LogP contribution in [0.3, 0.4) is 0 Å². The zero-order chi connectivity index (χ0) is 19.2. The van der Waals surface area contributed by atoms with E-state index in [2.05, 4.69) is 20.2 Å². The number of nitrogens with one attached hydrogen (secondary N) is 2. The van der Waals surface area contributed by atoms with Gasteiger partial charge in [-0.2, -0.15) is 0 Å². The van der Waals surface area contributed by atoms with E-state index in [0.29, 0.717) is 22.8 Å². The molecule has 0 radical (unpaired) electrons. The summed E-state index contributed by atoms with van der Waals surface area (Å²) in [6.45, 7) is 5.03. The molecule has 1 aliphatic heterocycles. The largest absolute Gasteiger partial charge is 0.378 e. The summed E-state index contributed by atoms with van der Waals surface area (Å²) in [6.07, 6.45) is 2.45. The van der Waals surface area contributed by atoms with Crippen LogP contribution in [0.25, 0.3) is 0 Å². The molecular weight excluding hydrogens is 364 g/mol. The summed E-state index contributed by atoms with van der Waals surface area (Å²) >= 11 is 1.39. The molecule has 7 nitrogen and oxygen atoms in total. The number of rotatable bonds is 6. The van der Waals surface area contributed by atoms with Crippen molar-refractivity contribution in [1.29, 1.82) is 0 Å². The Bertz CT molecular complexity index is 845. The van der Waals surface area contributed by atoms with Crippen LogP contribution in [0.5, 0.6) is 0 Å². The Hall–Kier alpha value is -2.32. The molecule has 0 saturated carbocycles. The number of hydrogen-bond acceptors (Lipinski definition) is 6. The lowest BCUT2D eigenvalue weighted by atomic mass is 10.1. The van der Waals surface area contributed by atoms with Crippen molar-refractivity contribution >= 4 is 29.0 Å². The number of hydrogen-bond donors (Lipinski definition) is 2. The Balaban J connectivity index is 1.56. The quantitative estimate of drug-likeness (QED) is 0.583. The molecule has 1 amide bonds. The molecule has 0 atom stereocenters. The van der Waals surface area contributed by atoms with E-state index < -0.39 is 0 Å². The standard InChI is InChI=1S/C19H24N4O3S/c1-13-16(18(25)22-19(20-13)27-2)7-8-17(24)21-14-3-5-15(6-4-14)23-9-11-26-12-10-23/h3-6H,7-12H2,1-2H3,(H,21,24)(H,20,22,25). The average molecular weight is 388 g/mol. The van der Waals surface area contributed by atoms with Crippen LogP contribution in [-0.2, 0) is 16.0 Å². The molecule has 144 valence electrons. The van der Waals surface area contributed by atoms with Crippen molar-refractivity contribution in [3.8, 4) is 0 Å². The first-order valence-corrected chi connectivity index (χ1v) is 10.2. The Kier molecular flexibility index (Phi) is 6.52. The van der Waals surface area contributed by atoms with Crippen molar-refractivity contribution in [3.63, 3.8) is 0 Å². The van der Waals surface area contributed by atoms with Gasteiger partial charge in [0.2, 0.25) is 5.91 Å². The molecule has 1 saturated heterocycles. The maximum atomic E-state index is 12.2. The minimum atomic E-state index is -0.172. The third-order valence-corrected chi connectivity index (χ3v) is 5.10. The van der Waals surface area contributed by atoms with Crippen LogP contribution in [0.15, 0.2) is 34.2 Å². The summed E-state index contributed by atoms with van der Waals surface area (Å²) in [5, 5.41) is 3.47. The minimum absolute atomic E-state index is 0.123. The lowest BCUT2D eigenvalue weighted by Gasteiger charge is -2.28. The Morgan fingerprint density at radius 3 is 2.63 bits per heavy atom. The summed E-state index contributed by atoms with van der Waals surface area (Å²) in [6, 6.07) is 7.80. The highest BCUT2D eigenvalue weighted by Crippen LogP contribution is 2.19. The van der Waals surface area contributed by atoms with Gasteiger partial charge in [-0.15, -0.1) is 0 Å². The first kappa shape index (κ1) is 19.4. The molecule has 2 aromatic rings. The number of nitrogens with zero attached hydrogens (tertiary/aromatic N) is 2. The van der Waals surface area contributed by atoms with Crippen LogP contribution in [-0.4, -0.2) is 48.4 Å². The number of morpholine rings is 1. The number of aryl methyl sites for hydroxylation is 1. The summed E-state index contributed by atoms with van der Waals surface area (Å²) in [4.78, 5) is 33.7. The van der Waals surface area contributed by atoms with Crippen molar-refractivity contribution in [2.24, 2.45) is 0 Å². The number of H-pyrrole nitrogens is 1. The molecule has 1 aromatic heterocycles. The number of aromatic amines is 1. The predicted octanol–water partition coefficient (Wildman–Crippen LogP) is 2.21. The van der Waals surface area contributed by atoms with Crippen molar-refractivity contribution in [1.82, 2.24) is 9.97 Å². The fraction of sp³-hybridized carbons (Fsp3) is 0.421. The third-order valence-electron chi connectivity index (χ3n) is 4.52. The van der Waals surface area contributed by atoms with E-state index in [4.69, 9.17) is 4.74 Å². The van der Waals surface area contributed by atoms with Crippen molar-refractivity contribution in [2.45, 2.75) is 24.9 Å². The summed E-state index contributed by atoms with van der Waals surface area (Å²) in [5.74, 6) is -0.123. The average Bonchev–Trinajstić information content (AvgIpc) is 2.68. The topological polar surface area (TPSA) is 87.3 Å². The van der Waals surface area contributed by atoms with Crippen molar-refractivity contribution in [2.75, 3.05) is 42.8 Å². The van der Waals surface area contributed by atoms with Crippen LogP contribution in [0.2, 0.25) is 0 Å². The van der Waals surface area contributed by atoms with Crippen molar-refractivity contribution < 1.29 is 9.53 Å². The van der Waals surface area contributed by atoms with Crippen LogP contribution < -0.4 is 15.8 Å². The number of anilines is 2. The summed E-state index contributed by atoms with van der Waals surface area (Å²) in [5.41, 5.74) is 2.93. The van der Waals surface area contributed by atoms with E-state index in [1.807, 2.05) is 30.5 Å². The molecular formula is C19H24N4O3S. The third kappa shape index (κ3) is 5.11. The molecule has 1 fully saturated rings. The number of carbonyl (C=O) groups excluding carboxylic acids is 1. The van der Waals surface area contributed by atoms with E-state index in [-0.39, 0.29) is 17.9 Å². The Morgan fingerprint density at radius 2 is 2.00 bits per heavy atom. The van der Waals surface area contributed by atoms with E-state index in [9.17, 15) is 9.59 Å². The highest BCUT2D eigenvalue weighted by atomic mass is 32.2. The smallest absolute Gasteiger partial charge is 0.254 e. The van der Waals surface area contributed by atoms with Gasteiger partial charge in [-0.3, -0.25) is 9.59 Å². The van der Waals surface area contributed by atoms with Crippen LogP contribution in [0, 0.1) is 6.92 Å². The fourth-order valence-corrected chi connectivity index (χ4v) is 3.44. The van der Waals surface area contributed by atoms with Gasteiger partial charge in [-0.05, 0) is 43.9 Å². The monoisotopic (exact) mass is 388 g/mol. The second-order valence-electron chi connectivity index (χ2n) is 6.33. The minimum Gasteiger partial charge on any atom is -0.378 e. The first-order valence-electron chi connectivity index (χ1n) is 8.93. The second-order valence-corrected chi connectivity index (χ2v) is 7.13. The van der Waals surface area contributed by atoms with E-state index in [0.717, 1.165) is 37.7 Å². The Morgan fingerprint density at radius 1 is 1.30 bits per heavy atom. The van der Waals surface area contributed by atoms with Gasteiger partial charge in [0.15, 0.2) is 5.16 Å². The van der Waals surface area contributed by atoms with Gasteiger partial charge in [-0.25, -0.2) is 4.98 Å². The van der Waals surface area contributed by atoms with Crippen LogP contribution in [0.1, 0.15) is 17.7 Å². The zero-order valence-corrected chi connectivity index (χ0v) is 16.4. The lowest BCUT2D eigenvalue weighted by Crippen LogP contribution is -2.36. The van der Waals surface area contributed by atoms with Gasteiger partial charge in [-0.1, -0.05) is 11.8 Å². The van der Waals surface area contributed by atoms with Gasteiger partial charge in [0.1, 0.15) is 0 Å². The molecule has 3 rings (SSSR count). The lowest BCUT2D eigenvalue weighted by molar-refractivity contribution is -0.116. The number of aromatic nitrogens is 2. The molecule has 2 N–H and O–H groups in total. The fourth-order valence-electron chi connectivity index (χ4n) is 3.01. The SMILES string of the molecule is CSc1nc(C)c(CCC(=O)Nc2ccc(N3CCOCC3)cc2)c(=O)[nH]1. The molecule has 0 spiro atoms.